The number of ether oxygens (including phenoxy) is 1. The van der Waals surface area contributed by atoms with Gasteiger partial charge in [-0.3, -0.25) is 5.10 Å². The van der Waals surface area contributed by atoms with E-state index in [4.69, 9.17) is 4.74 Å². The minimum atomic E-state index is -3.20. The van der Waals surface area contributed by atoms with Gasteiger partial charge in [0, 0.05) is 31.5 Å². The second kappa shape index (κ2) is 9.02. The van der Waals surface area contributed by atoms with Crippen LogP contribution >= 0.6 is 0 Å². The fourth-order valence-electron chi connectivity index (χ4n) is 4.05. The number of carbonyl (C=O) groups is 1. The smallest absolute Gasteiger partial charge is 0.410 e. The summed E-state index contributed by atoms with van der Waals surface area (Å²) in [6, 6.07) is 7.02. The Balaban J connectivity index is 1.73. The van der Waals surface area contributed by atoms with Gasteiger partial charge in [0.25, 0.3) is 0 Å². The number of piperidine rings is 1. The summed E-state index contributed by atoms with van der Waals surface area (Å²) in [5, 5.41) is 7.75. The van der Waals surface area contributed by atoms with Crippen LogP contribution in [0.5, 0.6) is 0 Å². The lowest BCUT2D eigenvalue weighted by Crippen LogP contribution is -2.41. The Morgan fingerprint density at radius 3 is 2.32 bits per heavy atom. The zero-order chi connectivity index (χ0) is 22.8. The molecule has 3 rings (SSSR count). The first-order valence-corrected chi connectivity index (χ1v) is 12.7. The van der Waals surface area contributed by atoms with Gasteiger partial charge in [0.15, 0.2) is 9.84 Å². The van der Waals surface area contributed by atoms with E-state index >= 15 is 0 Å². The normalized spacial score (nSPS) is 15.8. The summed E-state index contributed by atoms with van der Waals surface area (Å²) in [6.45, 7) is 9.06. The van der Waals surface area contributed by atoms with Gasteiger partial charge in [-0.15, -0.1) is 0 Å². The fraction of sp³-hybridized carbons (Fsp3) is 0.565. The number of hydrogen-bond acceptors (Lipinski definition) is 5. The molecule has 0 spiro atoms. The zero-order valence-corrected chi connectivity index (χ0v) is 19.9. The van der Waals surface area contributed by atoms with Gasteiger partial charge >= 0.3 is 6.09 Å². The number of nitrogens with zero attached hydrogens (tertiary/aromatic N) is 2. The van der Waals surface area contributed by atoms with Crippen LogP contribution in [0.15, 0.2) is 29.2 Å². The summed E-state index contributed by atoms with van der Waals surface area (Å²) in [5.41, 5.74) is 3.93. The zero-order valence-electron chi connectivity index (χ0n) is 19.1. The first-order chi connectivity index (χ1) is 14.5. The van der Waals surface area contributed by atoms with Crippen LogP contribution in [0.2, 0.25) is 0 Å². The molecule has 0 saturated carbocycles. The maximum absolute atomic E-state index is 12.4. The van der Waals surface area contributed by atoms with Crippen LogP contribution in [0.1, 0.15) is 69.0 Å². The van der Waals surface area contributed by atoms with Crippen LogP contribution in [-0.4, -0.2) is 54.6 Å². The van der Waals surface area contributed by atoms with Crippen molar-refractivity contribution in [1.82, 2.24) is 15.1 Å². The first kappa shape index (κ1) is 23.3. The van der Waals surface area contributed by atoms with Crippen molar-refractivity contribution >= 4 is 15.9 Å². The molecule has 1 amide bonds. The SMILES string of the molecule is CCc1n[nH]c(Cc2ccc(S(C)(=O)=O)cc2)c1C1CCN(C(=O)OC(C)(C)C)CC1. The predicted octanol–water partition coefficient (Wildman–Crippen LogP) is 4.08. The van der Waals surface area contributed by atoms with Crippen molar-refractivity contribution in [2.75, 3.05) is 19.3 Å². The van der Waals surface area contributed by atoms with Crippen LogP contribution in [0.4, 0.5) is 4.79 Å². The van der Waals surface area contributed by atoms with Crippen molar-refractivity contribution in [3.8, 4) is 0 Å². The van der Waals surface area contributed by atoms with Crippen LogP contribution in [0.3, 0.4) is 0 Å². The topological polar surface area (TPSA) is 92.4 Å². The van der Waals surface area contributed by atoms with Gasteiger partial charge in [-0.2, -0.15) is 5.10 Å². The number of hydrogen-bond donors (Lipinski definition) is 1. The van der Waals surface area contributed by atoms with Gasteiger partial charge in [0.1, 0.15) is 5.60 Å². The molecule has 31 heavy (non-hydrogen) atoms. The quantitative estimate of drug-likeness (QED) is 0.745. The number of likely N-dealkylation sites (tertiary alicyclic amines) is 1. The summed E-state index contributed by atoms with van der Waals surface area (Å²) in [7, 11) is -3.20. The minimum Gasteiger partial charge on any atom is -0.444 e. The van der Waals surface area contributed by atoms with E-state index in [0.29, 0.717) is 30.3 Å². The molecule has 8 heteroatoms. The molecule has 0 atom stereocenters. The van der Waals surface area contributed by atoms with E-state index < -0.39 is 15.4 Å². The maximum atomic E-state index is 12.4. The van der Waals surface area contributed by atoms with E-state index in [-0.39, 0.29) is 6.09 Å². The van der Waals surface area contributed by atoms with Crippen molar-refractivity contribution in [3.63, 3.8) is 0 Å². The highest BCUT2D eigenvalue weighted by Gasteiger charge is 2.30. The number of amides is 1. The molecule has 0 bridgehead atoms. The highest BCUT2D eigenvalue weighted by molar-refractivity contribution is 7.90. The first-order valence-electron chi connectivity index (χ1n) is 10.8. The molecule has 2 aromatic rings. The summed E-state index contributed by atoms with van der Waals surface area (Å²) < 4.78 is 28.9. The van der Waals surface area contributed by atoms with Crippen molar-refractivity contribution in [2.24, 2.45) is 0 Å². The Morgan fingerprint density at radius 1 is 1.19 bits per heavy atom. The summed E-state index contributed by atoms with van der Waals surface area (Å²) in [6.07, 6.45) is 4.20. The molecule has 1 aliphatic rings. The summed E-state index contributed by atoms with van der Waals surface area (Å²) in [5.74, 6) is 0.331. The molecule has 1 aromatic carbocycles. The van der Waals surface area contributed by atoms with Crippen LogP contribution in [0, 0.1) is 0 Å². The third-order valence-electron chi connectivity index (χ3n) is 5.58. The third-order valence-corrected chi connectivity index (χ3v) is 6.71. The Bertz CT molecular complexity index is 1010. The number of benzene rings is 1. The van der Waals surface area contributed by atoms with E-state index in [1.807, 2.05) is 32.9 Å². The van der Waals surface area contributed by atoms with Crippen LogP contribution in [-0.2, 0) is 27.4 Å². The summed E-state index contributed by atoms with van der Waals surface area (Å²) >= 11 is 0. The predicted molar refractivity (Wildman–Crippen MR) is 120 cm³/mol. The average Bonchev–Trinajstić information content (AvgIpc) is 3.09. The van der Waals surface area contributed by atoms with Crippen LogP contribution < -0.4 is 0 Å². The highest BCUT2D eigenvalue weighted by Crippen LogP contribution is 2.33. The van der Waals surface area contributed by atoms with Gasteiger partial charge in [-0.1, -0.05) is 19.1 Å². The Morgan fingerprint density at radius 2 is 1.81 bits per heavy atom. The fourth-order valence-corrected chi connectivity index (χ4v) is 4.68. The lowest BCUT2D eigenvalue weighted by molar-refractivity contribution is 0.0204. The average molecular weight is 448 g/mol. The van der Waals surface area contributed by atoms with E-state index in [0.717, 1.165) is 36.2 Å². The van der Waals surface area contributed by atoms with Gasteiger partial charge in [-0.05, 0) is 69.2 Å². The molecule has 1 aliphatic heterocycles. The second-order valence-electron chi connectivity index (χ2n) is 9.25. The maximum Gasteiger partial charge on any atom is 0.410 e. The third kappa shape index (κ3) is 5.87. The van der Waals surface area contributed by atoms with E-state index in [2.05, 4.69) is 17.1 Å². The Labute approximate surface area is 185 Å². The molecule has 1 fully saturated rings. The van der Waals surface area contributed by atoms with Gasteiger partial charge in [-0.25, -0.2) is 13.2 Å². The number of aromatic amines is 1. The number of aryl methyl sites for hydroxylation is 1. The molecule has 0 radical (unpaired) electrons. The van der Waals surface area contributed by atoms with Gasteiger partial charge < -0.3 is 9.64 Å². The number of H-pyrrole nitrogens is 1. The molecule has 0 unspecified atom stereocenters. The summed E-state index contributed by atoms with van der Waals surface area (Å²) in [4.78, 5) is 14.5. The molecule has 170 valence electrons. The Kier molecular flexibility index (Phi) is 6.79. The largest absolute Gasteiger partial charge is 0.444 e. The van der Waals surface area contributed by atoms with E-state index in [9.17, 15) is 13.2 Å². The number of rotatable bonds is 5. The second-order valence-corrected chi connectivity index (χ2v) is 11.3. The number of sulfone groups is 1. The lowest BCUT2D eigenvalue weighted by Gasteiger charge is -2.33. The monoisotopic (exact) mass is 447 g/mol. The van der Waals surface area contributed by atoms with Crippen molar-refractivity contribution in [3.05, 3.63) is 46.8 Å². The van der Waals surface area contributed by atoms with Crippen molar-refractivity contribution in [2.45, 2.75) is 69.8 Å². The molecule has 1 aromatic heterocycles. The molecule has 7 nitrogen and oxygen atoms in total. The van der Waals surface area contributed by atoms with Crippen molar-refractivity contribution < 1.29 is 17.9 Å². The van der Waals surface area contributed by atoms with E-state index in [1.54, 1.807) is 17.0 Å². The number of nitrogens with one attached hydrogen (secondary N) is 1. The number of carbonyl (C=O) groups excluding carboxylic acids is 1. The van der Waals surface area contributed by atoms with Crippen LogP contribution in [0.25, 0.3) is 0 Å². The molecule has 1 N–H and O–H groups in total. The minimum absolute atomic E-state index is 0.250. The lowest BCUT2D eigenvalue weighted by atomic mass is 9.86. The number of aromatic nitrogens is 2. The van der Waals surface area contributed by atoms with E-state index in [1.165, 1.54) is 11.8 Å². The molecule has 1 saturated heterocycles. The molecule has 0 aliphatic carbocycles. The van der Waals surface area contributed by atoms with Crippen molar-refractivity contribution in [1.29, 1.82) is 0 Å². The molecular weight excluding hydrogens is 414 g/mol. The molecular formula is C23H33N3O4S. The standard InChI is InChI=1S/C23H33N3O4S/c1-6-19-21(17-11-13-26(14-12-17)22(27)30-23(2,3)4)20(25-24-19)15-16-7-9-18(10-8-16)31(5,28)29/h7-10,17H,6,11-15H2,1-5H3,(H,24,25). The van der Waals surface area contributed by atoms with Gasteiger partial charge in [0.05, 0.1) is 10.6 Å². The molecule has 2 heterocycles. The van der Waals surface area contributed by atoms with Gasteiger partial charge in [0.2, 0.25) is 0 Å². The Hall–Kier alpha value is -2.35. The highest BCUT2D eigenvalue weighted by atomic mass is 32.2.